The highest BCUT2D eigenvalue weighted by molar-refractivity contribution is 5.62. The lowest BCUT2D eigenvalue weighted by Gasteiger charge is -2.29. The average molecular weight is 154 g/mol. The molecule has 1 rings (SSSR count). The average Bonchev–Trinajstić information content (AvgIpc) is 2.05. The minimum Gasteiger partial charge on any atom is -0.292 e. The van der Waals surface area contributed by atoms with E-state index in [-0.39, 0.29) is 0 Å². The number of aliphatic imine (C=N–C) groups is 1. The Morgan fingerprint density at radius 2 is 2.09 bits per heavy atom. The highest BCUT2D eigenvalue weighted by Gasteiger charge is 2.20. The molecule has 1 aliphatic rings. The molecule has 3 unspecified atom stereocenters. The predicted octanol–water partition coefficient (Wildman–Crippen LogP) is 1.81. The third-order valence-corrected chi connectivity index (χ3v) is 2.37. The summed E-state index contributed by atoms with van der Waals surface area (Å²) in [6.07, 6.45) is 4.76. The first-order valence-corrected chi connectivity index (χ1v) is 4.57. The van der Waals surface area contributed by atoms with Crippen LogP contribution in [-0.4, -0.2) is 18.4 Å². The van der Waals surface area contributed by atoms with E-state index in [1.165, 1.54) is 6.42 Å². The summed E-state index contributed by atoms with van der Waals surface area (Å²) < 4.78 is 0. The topological polar surface area (TPSA) is 24.4 Å². The lowest BCUT2D eigenvalue weighted by molar-refractivity contribution is 0.356. The van der Waals surface area contributed by atoms with E-state index in [4.69, 9.17) is 0 Å². The molecule has 1 N–H and O–H groups in total. The Kier molecular flexibility index (Phi) is 3.06. The van der Waals surface area contributed by atoms with Gasteiger partial charge in [0.1, 0.15) is 0 Å². The Morgan fingerprint density at radius 3 is 2.64 bits per heavy atom. The summed E-state index contributed by atoms with van der Waals surface area (Å²) in [5.41, 5.74) is 0. The third kappa shape index (κ3) is 2.03. The first-order chi connectivity index (χ1) is 5.27. The summed E-state index contributed by atoms with van der Waals surface area (Å²) in [7, 11) is 0. The predicted molar refractivity (Wildman–Crippen MR) is 48.9 cm³/mol. The van der Waals surface area contributed by atoms with Gasteiger partial charge in [-0.3, -0.25) is 10.3 Å². The number of nitrogens with one attached hydrogen (secondary N) is 1. The van der Waals surface area contributed by atoms with Gasteiger partial charge in [0, 0.05) is 18.2 Å². The van der Waals surface area contributed by atoms with Crippen molar-refractivity contribution in [2.45, 2.75) is 45.8 Å². The van der Waals surface area contributed by atoms with E-state index in [1.807, 2.05) is 0 Å². The van der Waals surface area contributed by atoms with Crippen molar-refractivity contribution in [1.29, 1.82) is 0 Å². The Bertz CT molecular complexity index is 142. The zero-order valence-corrected chi connectivity index (χ0v) is 7.67. The van der Waals surface area contributed by atoms with Crippen LogP contribution in [0.15, 0.2) is 4.99 Å². The van der Waals surface area contributed by atoms with Gasteiger partial charge in [0.05, 0.1) is 6.17 Å². The maximum atomic E-state index is 4.39. The number of nitrogens with zero attached hydrogens (tertiary/aromatic N) is 1. The van der Waals surface area contributed by atoms with Crippen LogP contribution in [0.1, 0.15) is 33.6 Å². The molecule has 0 bridgehead atoms. The molecule has 0 amide bonds. The zero-order chi connectivity index (χ0) is 8.27. The molecule has 3 atom stereocenters. The second-order valence-corrected chi connectivity index (χ2v) is 3.26. The summed E-state index contributed by atoms with van der Waals surface area (Å²) in [4.78, 5) is 4.39. The number of hydrogen-bond donors (Lipinski definition) is 1. The minimum absolute atomic E-state index is 0.371. The first kappa shape index (κ1) is 8.72. The molecule has 0 aromatic carbocycles. The van der Waals surface area contributed by atoms with Crippen LogP contribution in [0.5, 0.6) is 0 Å². The van der Waals surface area contributed by atoms with Crippen LogP contribution in [0.25, 0.3) is 0 Å². The van der Waals surface area contributed by atoms with Crippen molar-refractivity contribution in [3.05, 3.63) is 0 Å². The fourth-order valence-electron chi connectivity index (χ4n) is 1.50. The van der Waals surface area contributed by atoms with E-state index in [0.29, 0.717) is 18.1 Å². The van der Waals surface area contributed by atoms with Crippen molar-refractivity contribution in [2.24, 2.45) is 10.9 Å². The van der Waals surface area contributed by atoms with Gasteiger partial charge >= 0.3 is 0 Å². The molecule has 0 aromatic rings. The Hall–Kier alpha value is -0.370. The Labute approximate surface area is 69.1 Å². The normalized spacial score (nSPS) is 37.5. The largest absolute Gasteiger partial charge is 0.292 e. The minimum atomic E-state index is 0.371. The molecule has 0 saturated heterocycles. The van der Waals surface area contributed by atoms with E-state index in [2.05, 4.69) is 37.3 Å². The van der Waals surface area contributed by atoms with E-state index in [0.717, 1.165) is 6.42 Å². The van der Waals surface area contributed by atoms with E-state index in [1.54, 1.807) is 0 Å². The maximum absolute atomic E-state index is 4.39. The lowest BCUT2D eigenvalue weighted by Crippen LogP contribution is -2.44. The van der Waals surface area contributed by atoms with Crippen LogP contribution < -0.4 is 5.32 Å². The monoisotopic (exact) mass is 154 g/mol. The van der Waals surface area contributed by atoms with Crippen molar-refractivity contribution in [1.82, 2.24) is 5.32 Å². The molecule has 2 heteroatoms. The molecule has 0 saturated carbocycles. The molecule has 0 aliphatic carbocycles. The molecule has 11 heavy (non-hydrogen) atoms. The van der Waals surface area contributed by atoms with Gasteiger partial charge in [-0.05, 0) is 12.8 Å². The second kappa shape index (κ2) is 3.86. The maximum Gasteiger partial charge on any atom is 0.0990 e. The van der Waals surface area contributed by atoms with Crippen LogP contribution in [0, 0.1) is 5.92 Å². The van der Waals surface area contributed by atoms with Crippen molar-refractivity contribution < 1.29 is 0 Å². The fraction of sp³-hybridized carbons (Fsp3) is 0.889. The Balaban J connectivity index is 2.52. The molecule has 0 radical (unpaired) electrons. The summed E-state index contributed by atoms with van der Waals surface area (Å²) in [5, 5.41) is 3.50. The molecule has 1 aliphatic heterocycles. The van der Waals surface area contributed by atoms with Gasteiger partial charge in [-0.15, -0.1) is 0 Å². The van der Waals surface area contributed by atoms with E-state index < -0.39 is 0 Å². The van der Waals surface area contributed by atoms with Crippen LogP contribution in [0.4, 0.5) is 0 Å². The summed E-state index contributed by atoms with van der Waals surface area (Å²) in [6.45, 7) is 6.61. The number of hydrogen-bond acceptors (Lipinski definition) is 2. The third-order valence-electron chi connectivity index (χ3n) is 2.37. The molecule has 0 aromatic heterocycles. The first-order valence-electron chi connectivity index (χ1n) is 4.57. The van der Waals surface area contributed by atoms with E-state index in [9.17, 15) is 0 Å². The quantitative estimate of drug-likeness (QED) is 0.644. The number of rotatable bonds is 2. The van der Waals surface area contributed by atoms with Crippen molar-refractivity contribution >= 4 is 6.21 Å². The van der Waals surface area contributed by atoms with Crippen LogP contribution in [-0.2, 0) is 0 Å². The summed E-state index contributed by atoms with van der Waals surface area (Å²) in [6, 6.07) is 0.637. The molecular formula is C9H18N2. The van der Waals surface area contributed by atoms with Crippen LogP contribution in [0.3, 0.4) is 0 Å². The van der Waals surface area contributed by atoms with Gasteiger partial charge in [0.2, 0.25) is 0 Å². The second-order valence-electron chi connectivity index (χ2n) is 3.26. The molecular weight excluding hydrogens is 136 g/mol. The van der Waals surface area contributed by atoms with Crippen molar-refractivity contribution in [3.63, 3.8) is 0 Å². The van der Waals surface area contributed by atoms with Gasteiger partial charge in [0.15, 0.2) is 0 Å². The van der Waals surface area contributed by atoms with Gasteiger partial charge in [0.25, 0.3) is 0 Å². The van der Waals surface area contributed by atoms with Crippen LogP contribution in [0.2, 0.25) is 0 Å². The SMILES string of the molecule is CCC1N=CC(C)C(CC)N1. The molecule has 0 fully saturated rings. The molecule has 0 spiro atoms. The zero-order valence-electron chi connectivity index (χ0n) is 7.67. The highest BCUT2D eigenvalue weighted by atomic mass is 15.1. The molecule has 64 valence electrons. The van der Waals surface area contributed by atoms with Gasteiger partial charge in [-0.25, -0.2) is 0 Å². The summed E-state index contributed by atoms with van der Waals surface area (Å²) in [5.74, 6) is 0.600. The lowest BCUT2D eigenvalue weighted by atomic mass is 9.98. The highest BCUT2D eigenvalue weighted by Crippen LogP contribution is 2.12. The molecule has 2 nitrogen and oxygen atoms in total. The van der Waals surface area contributed by atoms with Gasteiger partial charge < -0.3 is 0 Å². The van der Waals surface area contributed by atoms with Crippen molar-refractivity contribution in [3.8, 4) is 0 Å². The standard InChI is InChI=1S/C9H18N2/c1-4-8-7(3)6-10-9(5-2)11-8/h6-9,11H,4-5H2,1-3H3. The van der Waals surface area contributed by atoms with E-state index >= 15 is 0 Å². The van der Waals surface area contributed by atoms with Gasteiger partial charge in [-0.2, -0.15) is 0 Å². The van der Waals surface area contributed by atoms with Crippen molar-refractivity contribution in [2.75, 3.05) is 0 Å². The fourth-order valence-corrected chi connectivity index (χ4v) is 1.50. The smallest absolute Gasteiger partial charge is 0.0990 e. The van der Waals surface area contributed by atoms with Crippen LogP contribution >= 0.6 is 0 Å². The summed E-state index contributed by atoms with van der Waals surface area (Å²) >= 11 is 0. The molecule has 1 heterocycles. The van der Waals surface area contributed by atoms with Gasteiger partial charge in [-0.1, -0.05) is 20.8 Å². The Morgan fingerprint density at radius 1 is 1.36 bits per heavy atom.